The lowest BCUT2D eigenvalue weighted by Crippen LogP contribution is -2.43. The van der Waals surface area contributed by atoms with Crippen molar-refractivity contribution in [1.29, 1.82) is 0 Å². The minimum absolute atomic E-state index is 0.159. The Morgan fingerprint density at radius 3 is 2.64 bits per heavy atom. The molecule has 188 valence electrons. The van der Waals surface area contributed by atoms with Gasteiger partial charge in [-0.1, -0.05) is 26.8 Å². The second-order valence-electron chi connectivity index (χ2n) is 10.2. The van der Waals surface area contributed by atoms with E-state index in [0.29, 0.717) is 11.4 Å². The van der Waals surface area contributed by atoms with Crippen LogP contribution in [0.3, 0.4) is 0 Å². The number of amides is 1. The smallest absolute Gasteiger partial charge is 0.291 e. The highest BCUT2D eigenvalue weighted by molar-refractivity contribution is 6.02. The molecule has 36 heavy (non-hydrogen) atoms. The molecule has 2 aliphatic heterocycles. The molecular formula is C27H33N7O2. The highest BCUT2D eigenvalue weighted by atomic mass is 16.4. The fraction of sp³-hybridized carbons (Fsp3) is 0.333. The van der Waals surface area contributed by atoms with Crippen molar-refractivity contribution in [1.82, 2.24) is 21.3 Å². The van der Waals surface area contributed by atoms with Gasteiger partial charge in [0.05, 0.1) is 23.3 Å². The molecule has 2 aromatic heterocycles. The molecular weight excluding hydrogens is 454 g/mol. The molecule has 1 aromatic carbocycles. The van der Waals surface area contributed by atoms with E-state index in [4.69, 9.17) is 4.42 Å². The molecule has 0 radical (unpaired) electrons. The fourth-order valence-corrected chi connectivity index (χ4v) is 4.26. The fourth-order valence-electron chi connectivity index (χ4n) is 4.26. The Hall–Kier alpha value is -3.82. The van der Waals surface area contributed by atoms with Gasteiger partial charge in [-0.15, -0.1) is 5.53 Å². The number of hydrogen-bond donors (Lipinski definition) is 4. The Labute approximate surface area is 211 Å². The van der Waals surface area contributed by atoms with Crippen LogP contribution in [0.15, 0.2) is 59.4 Å². The number of benzene rings is 1. The molecule has 3 aromatic rings. The third kappa shape index (κ3) is 5.07. The van der Waals surface area contributed by atoms with Gasteiger partial charge in [0, 0.05) is 55.2 Å². The van der Waals surface area contributed by atoms with Gasteiger partial charge < -0.3 is 25.4 Å². The van der Waals surface area contributed by atoms with E-state index in [2.05, 4.69) is 58.3 Å². The number of nitrogens with one attached hydrogen (secondary N) is 4. The second kappa shape index (κ2) is 9.67. The first kappa shape index (κ1) is 23.9. The summed E-state index contributed by atoms with van der Waals surface area (Å²) < 4.78 is 5.79. The SMILES string of the molecule is Cc1ccc(NC(=O)c2ccc(C(C)(C)C)o2)cc1N1C=C(c2cncc(N3CCNCC3)c2)NN1. The number of hydrazine groups is 2. The number of aryl methyl sites for hydroxylation is 1. The van der Waals surface area contributed by atoms with Gasteiger partial charge >= 0.3 is 0 Å². The molecule has 5 rings (SSSR count). The zero-order valence-electron chi connectivity index (χ0n) is 21.2. The first-order chi connectivity index (χ1) is 17.3. The zero-order valence-corrected chi connectivity index (χ0v) is 21.2. The van der Waals surface area contributed by atoms with E-state index in [1.54, 1.807) is 6.07 Å². The third-order valence-electron chi connectivity index (χ3n) is 6.38. The van der Waals surface area contributed by atoms with E-state index in [9.17, 15) is 4.79 Å². The lowest BCUT2D eigenvalue weighted by atomic mass is 9.94. The first-order valence-corrected chi connectivity index (χ1v) is 12.2. The summed E-state index contributed by atoms with van der Waals surface area (Å²) in [6, 6.07) is 11.5. The molecule has 1 fully saturated rings. The number of nitrogens with zero attached hydrogens (tertiary/aromatic N) is 3. The second-order valence-corrected chi connectivity index (χ2v) is 10.2. The maximum atomic E-state index is 12.8. The Morgan fingerprint density at radius 2 is 1.89 bits per heavy atom. The van der Waals surface area contributed by atoms with E-state index in [0.717, 1.165) is 60.1 Å². The molecule has 4 N–H and O–H groups in total. The quantitative estimate of drug-likeness (QED) is 0.432. The van der Waals surface area contributed by atoms with Crippen molar-refractivity contribution in [2.75, 3.05) is 41.4 Å². The topological polar surface area (TPSA) is 97.7 Å². The van der Waals surface area contributed by atoms with Crippen LogP contribution in [0, 0.1) is 6.92 Å². The average Bonchev–Trinajstić information content (AvgIpc) is 3.57. The third-order valence-corrected chi connectivity index (χ3v) is 6.38. The van der Waals surface area contributed by atoms with Gasteiger partial charge in [-0.3, -0.25) is 14.8 Å². The summed E-state index contributed by atoms with van der Waals surface area (Å²) in [5.41, 5.74) is 12.0. The molecule has 0 saturated carbocycles. The van der Waals surface area contributed by atoms with Gasteiger partial charge in [-0.2, -0.15) is 0 Å². The largest absolute Gasteiger partial charge is 0.455 e. The molecule has 9 nitrogen and oxygen atoms in total. The Bertz CT molecular complexity index is 1290. The van der Waals surface area contributed by atoms with Crippen molar-refractivity contribution in [3.63, 3.8) is 0 Å². The molecule has 0 bridgehead atoms. The number of pyridine rings is 1. The molecule has 0 spiro atoms. The van der Waals surface area contributed by atoms with Gasteiger partial charge in [0.25, 0.3) is 5.91 Å². The standard InChI is InChI=1S/C27H33N7O2/c1-18-5-6-20(30-26(35)24-7-8-25(36-24)27(2,3)4)14-23(18)34-17-22(31-32-34)19-13-21(16-29-15-19)33-11-9-28-10-12-33/h5-8,13-17,28,31-32H,9-12H2,1-4H3,(H,30,35). The van der Waals surface area contributed by atoms with Crippen LogP contribution in [0.25, 0.3) is 5.70 Å². The van der Waals surface area contributed by atoms with Crippen molar-refractivity contribution in [3.8, 4) is 0 Å². The molecule has 0 aliphatic carbocycles. The summed E-state index contributed by atoms with van der Waals surface area (Å²) >= 11 is 0. The molecule has 4 heterocycles. The van der Waals surface area contributed by atoms with Crippen molar-refractivity contribution < 1.29 is 9.21 Å². The summed E-state index contributed by atoms with van der Waals surface area (Å²) in [6.07, 6.45) is 5.76. The molecule has 1 saturated heterocycles. The van der Waals surface area contributed by atoms with Gasteiger partial charge in [0.1, 0.15) is 5.76 Å². The number of aromatic nitrogens is 1. The summed E-state index contributed by atoms with van der Waals surface area (Å²) in [6.45, 7) is 12.1. The van der Waals surface area contributed by atoms with Gasteiger partial charge in [0.2, 0.25) is 0 Å². The number of furan rings is 1. The van der Waals surface area contributed by atoms with Crippen LogP contribution in [-0.4, -0.2) is 37.1 Å². The van der Waals surface area contributed by atoms with Gasteiger partial charge in [0.15, 0.2) is 5.76 Å². The summed E-state index contributed by atoms with van der Waals surface area (Å²) in [7, 11) is 0. The van der Waals surface area contributed by atoms with E-state index < -0.39 is 0 Å². The van der Waals surface area contributed by atoms with Crippen molar-refractivity contribution in [2.24, 2.45) is 0 Å². The van der Waals surface area contributed by atoms with Crippen LogP contribution < -0.4 is 31.5 Å². The molecule has 9 heteroatoms. The van der Waals surface area contributed by atoms with Gasteiger partial charge in [-0.25, -0.2) is 0 Å². The summed E-state index contributed by atoms with van der Waals surface area (Å²) in [5.74, 6) is 0.791. The van der Waals surface area contributed by atoms with E-state index in [1.165, 1.54) is 0 Å². The molecule has 2 aliphatic rings. The minimum Gasteiger partial charge on any atom is -0.455 e. The van der Waals surface area contributed by atoms with Crippen LogP contribution in [-0.2, 0) is 5.41 Å². The first-order valence-electron chi connectivity index (χ1n) is 12.2. The van der Waals surface area contributed by atoms with Gasteiger partial charge in [-0.05, 0) is 42.8 Å². The number of rotatable bonds is 5. The van der Waals surface area contributed by atoms with Crippen LogP contribution in [0.5, 0.6) is 0 Å². The van der Waals surface area contributed by atoms with Crippen LogP contribution in [0.1, 0.15) is 48.2 Å². The predicted octanol–water partition coefficient (Wildman–Crippen LogP) is 3.77. The van der Waals surface area contributed by atoms with Crippen molar-refractivity contribution in [2.45, 2.75) is 33.1 Å². The Morgan fingerprint density at radius 1 is 1.08 bits per heavy atom. The molecule has 0 atom stereocenters. The lowest BCUT2D eigenvalue weighted by molar-refractivity contribution is 0.0993. The summed E-state index contributed by atoms with van der Waals surface area (Å²) in [4.78, 5) is 19.6. The Balaban J connectivity index is 1.32. The number of carbonyl (C=O) groups is 1. The zero-order chi connectivity index (χ0) is 25.3. The van der Waals surface area contributed by atoms with Crippen molar-refractivity contribution >= 4 is 28.7 Å². The minimum atomic E-state index is -0.278. The maximum Gasteiger partial charge on any atom is 0.291 e. The lowest BCUT2D eigenvalue weighted by Gasteiger charge is -2.29. The maximum absolute atomic E-state index is 12.8. The monoisotopic (exact) mass is 487 g/mol. The van der Waals surface area contributed by atoms with E-state index in [1.807, 2.05) is 54.8 Å². The Kier molecular flexibility index (Phi) is 6.42. The predicted molar refractivity (Wildman–Crippen MR) is 143 cm³/mol. The summed E-state index contributed by atoms with van der Waals surface area (Å²) in [5, 5.41) is 8.24. The normalized spacial score (nSPS) is 16.1. The highest BCUT2D eigenvalue weighted by Gasteiger charge is 2.22. The number of hydrogen-bond acceptors (Lipinski definition) is 8. The van der Waals surface area contributed by atoms with E-state index >= 15 is 0 Å². The number of carbonyl (C=O) groups excluding carboxylic acids is 1. The highest BCUT2D eigenvalue weighted by Crippen LogP contribution is 2.29. The molecule has 0 unspecified atom stereocenters. The molecule has 1 amide bonds. The number of piperazine rings is 1. The van der Waals surface area contributed by atoms with Crippen LogP contribution in [0.4, 0.5) is 17.1 Å². The van der Waals surface area contributed by atoms with E-state index in [-0.39, 0.29) is 11.3 Å². The average molecular weight is 488 g/mol. The van der Waals surface area contributed by atoms with Crippen LogP contribution in [0.2, 0.25) is 0 Å². The van der Waals surface area contributed by atoms with Crippen LogP contribution >= 0.6 is 0 Å². The van der Waals surface area contributed by atoms with Crippen molar-refractivity contribution in [3.05, 3.63) is 77.6 Å². The number of anilines is 3.